The monoisotopic (exact) mass is 217 g/mol. The van der Waals surface area contributed by atoms with E-state index in [1.807, 2.05) is 0 Å². The standard InChI is InChI=1S/C9H9ClFNO2/c10-4-1-5-8(12)7(13)3-14-9(5)6(11)2-4/h1-2,7-8,13H,3,12H2/t7-,8+/m1/s1. The van der Waals surface area contributed by atoms with Gasteiger partial charge in [-0.05, 0) is 12.1 Å². The molecule has 5 heteroatoms. The van der Waals surface area contributed by atoms with Crippen LogP contribution in [0.3, 0.4) is 0 Å². The van der Waals surface area contributed by atoms with Gasteiger partial charge in [0.15, 0.2) is 11.6 Å². The summed E-state index contributed by atoms with van der Waals surface area (Å²) in [4.78, 5) is 0. The molecule has 1 aliphatic rings. The van der Waals surface area contributed by atoms with Crippen molar-refractivity contribution in [1.29, 1.82) is 0 Å². The topological polar surface area (TPSA) is 55.5 Å². The molecule has 0 saturated heterocycles. The lowest BCUT2D eigenvalue weighted by Gasteiger charge is -2.27. The number of halogens is 2. The largest absolute Gasteiger partial charge is 0.487 e. The summed E-state index contributed by atoms with van der Waals surface area (Å²) in [6, 6.07) is 2.02. The van der Waals surface area contributed by atoms with Crippen LogP contribution in [0.5, 0.6) is 5.75 Å². The molecule has 1 aromatic rings. The summed E-state index contributed by atoms with van der Waals surface area (Å²) in [5, 5.41) is 9.64. The second-order valence-corrected chi connectivity index (χ2v) is 3.65. The molecule has 3 nitrogen and oxygen atoms in total. The Labute approximate surface area is 85.2 Å². The van der Waals surface area contributed by atoms with Gasteiger partial charge in [0.05, 0.1) is 6.04 Å². The molecule has 14 heavy (non-hydrogen) atoms. The molecule has 0 amide bonds. The van der Waals surface area contributed by atoms with Crippen LogP contribution in [0.1, 0.15) is 11.6 Å². The first-order chi connectivity index (χ1) is 6.59. The van der Waals surface area contributed by atoms with Crippen LogP contribution in [0.4, 0.5) is 4.39 Å². The summed E-state index contributed by atoms with van der Waals surface area (Å²) in [6.45, 7) is 0.00667. The summed E-state index contributed by atoms with van der Waals surface area (Å²) in [7, 11) is 0. The lowest BCUT2D eigenvalue weighted by atomic mass is 9.99. The van der Waals surface area contributed by atoms with E-state index in [2.05, 4.69) is 0 Å². The molecule has 2 rings (SSSR count). The number of benzene rings is 1. The summed E-state index contributed by atoms with van der Waals surface area (Å²) < 4.78 is 18.3. The molecule has 2 atom stereocenters. The van der Waals surface area contributed by atoms with Gasteiger partial charge in [-0.15, -0.1) is 0 Å². The van der Waals surface area contributed by atoms with Crippen LogP contribution < -0.4 is 10.5 Å². The van der Waals surface area contributed by atoms with Gasteiger partial charge >= 0.3 is 0 Å². The zero-order valence-corrected chi connectivity index (χ0v) is 7.96. The van der Waals surface area contributed by atoms with Crippen molar-refractivity contribution in [1.82, 2.24) is 0 Å². The summed E-state index contributed by atoms with van der Waals surface area (Å²) in [6.07, 6.45) is -0.819. The quantitative estimate of drug-likeness (QED) is 0.687. The number of hydrogen-bond acceptors (Lipinski definition) is 3. The number of hydrogen-bond donors (Lipinski definition) is 2. The molecule has 0 unspecified atom stereocenters. The van der Waals surface area contributed by atoms with Crippen LogP contribution in [-0.2, 0) is 0 Å². The Kier molecular flexibility index (Phi) is 2.34. The van der Waals surface area contributed by atoms with E-state index in [-0.39, 0.29) is 17.4 Å². The minimum Gasteiger partial charge on any atom is -0.487 e. The lowest BCUT2D eigenvalue weighted by molar-refractivity contribution is 0.0652. The molecule has 1 aliphatic heterocycles. The smallest absolute Gasteiger partial charge is 0.166 e. The molecule has 0 bridgehead atoms. The second kappa shape index (κ2) is 3.38. The van der Waals surface area contributed by atoms with Gasteiger partial charge in [0.2, 0.25) is 0 Å². The third kappa shape index (κ3) is 1.45. The van der Waals surface area contributed by atoms with E-state index < -0.39 is 18.0 Å². The molecule has 76 valence electrons. The van der Waals surface area contributed by atoms with Crippen molar-refractivity contribution in [2.75, 3.05) is 6.61 Å². The highest BCUT2D eigenvalue weighted by molar-refractivity contribution is 6.30. The Balaban J connectivity index is 2.54. The maximum absolute atomic E-state index is 13.3. The minimum atomic E-state index is -0.819. The number of aliphatic hydroxyl groups is 1. The maximum Gasteiger partial charge on any atom is 0.166 e. The molecule has 0 fully saturated rings. The number of rotatable bonds is 0. The van der Waals surface area contributed by atoms with Gasteiger partial charge in [0.25, 0.3) is 0 Å². The Bertz CT molecular complexity index is 372. The van der Waals surface area contributed by atoms with E-state index in [0.29, 0.717) is 5.56 Å². The molecule has 3 N–H and O–H groups in total. The Morgan fingerprint density at radius 2 is 2.29 bits per heavy atom. The molecule has 0 spiro atoms. The first-order valence-electron chi connectivity index (χ1n) is 4.15. The molecule has 0 aromatic heterocycles. The van der Waals surface area contributed by atoms with Crippen molar-refractivity contribution in [2.45, 2.75) is 12.1 Å². The lowest BCUT2D eigenvalue weighted by Crippen LogP contribution is -2.36. The van der Waals surface area contributed by atoms with E-state index in [9.17, 15) is 9.50 Å². The van der Waals surface area contributed by atoms with Crippen LogP contribution >= 0.6 is 11.6 Å². The van der Waals surface area contributed by atoms with Gasteiger partial charge in [-0.2, -0.15) is 0 Å². The maximum atomic E-state index is 13.3. The minimum absolute atomic E-state index is 0.00667. The van der Waals surface area contributed by atoms with Gasteiger partial charge in [-0.25, -0.2) is 4.39 Å². The SMILES string of the molecule is N[C@H]1c2cc(Cl)cc(F)c2OC[C@H]1O. The van der Waals surface area contributed by atoms with Crippen molar-refractivity contribution in [3.8, 4) is 5.75 Å². The van der Waals surface area contributed by atoms with Gasteiger partial charge < -0.3 is 15.6 Å². The third-order valence-corrected chi connectivity index (χ3v) is 2.43. The fourth-order valence-corrected chi connectivity index (χ4v) is 1.67. The van der Waals surface area contributed by atoms with E-state index in [4.69, 9.17) is 22.1 Å². The Hall–Kier alpha value is -0.840. The number of aliphatic hydroxyl groups excluding tert-OH is 1. The highest BCUT2D eigenvalue weighted by Crippen LogP contribution is 2.35. The normalized spacial score (nSPS) is 25.4. The average Bonchev–Trinajstić information content (AvgIpc) is 2.12. The van der Waals surface area contributed by atoms with Crippen molar-refractivity contribution in [3.63, 3.8) is 0 Å². The van der Waals surface area contributed by atoms with Crippen LogP contribution in [0.2, 0.25) is 5.02 Å². The molecular weight excluding hydrogens is 209 g/mol. The van der Waals surface area contributed by atoms with E-state index in [1.165, 1.54) is 6.07 Å². The molecule has 0 radical (unpaired) electrons. The predicted molar refractivity (Wildman–Crippen MR) is 49.8 cm³/mol. The van der Waals surface area contributed by atoms with Crippen LogP contribution in [0, 0.1) is 5.82 Å². The molecule has 0 aliphatic carbocycles. The first kappa shape index (κ1) is 9.71. The zero-order valence-electron chi connectivity index (χ0n) is 7.21. The summed E-state index contributed by atoms with van der Waals surface area (Å²) in [5.41, 5.74) is 6.08. The van der Waals surface area contributed by atoms with Crippen molar-refractivity contribution >= 4 is 11.6 Å². The van der Waals surface area contributed by atoms with E-state index in [0.717, 1.165) is 6.07 Å². The van der Waals surface area contributed by atoms with Crippen LogP contribution in [0.15, 0.2) is 12.1 Å². The zero-order chi connectivity index (χ0) is 10.3. The number of fused-ring (bicyclic) bond motifs is 1. The number of nitrogens with two attached hydrogens (primary N) is 1. The molecule has 0 saturated carbocycles. The first-order valence-corrected chi connectivity index (χ1v) is 4.53. The van der Waals surface area contributed by atoms with Gasteiger partial charge in [-0.1, -0.05) is 11.6 Å². The second-order valence-electron chi connectivity index (χ2n) is 3.21. The highest BCUT2D eigenvalue weighted by Gasteiger charge is 2.28. The third-order valence-electron chi connectivity index (χ3n) is 2.21. The number of ether oxygens (including phenoxy) is 1. The molecule has 1 aromatic carbocycles. The fraction of sp³-hybridized carbons (Fsp3) is 0.333. The average molecular weight is 218 g/mol. The summed E-state index contributed by atoms with van der Waals surface area (Å²) in [5.74, 6) is -0.456. The van der Waals surface area contributed by atoms with Crippen LogP contribution in [-0.4, -0.2) is 17.8 Å². The van der Waals surface area contributed by atoms with Crippen molar-refractivity contribution in [3.05, 3.63) is 28.5 Å². The Morgan fingerprint density at radius 3 is 3.00 bits per heavy atom. The fourth-order valence-electron chi connectivity index (χ4n) is 1.46. The van der Waals surface area contributed by atoms with Gasteiger partial charge in [-0.3, -0.25) is 0 Å². The van der Waals surface area contributed by atoms with Crippen LogP contribution in [0.25, 0.3) is 0 Å². The van der Waals surface area contributed by atoms with Gasteiger partial charge in [0, 0.05) is 10.6 Å². The van der Waals surface area contributed by atoms with Gasteiger partial charge in [0.1, 0.15) is 12.7 Å². The highest BCUT2D eigenvalue weighted by atomic mass is 35.5. The van der Waals surface area contributed by atoms with Crippen molar-refractivity contribution < 1.29 is 14.2 Å². The molecular formula is C9H9ClFNO2. The summed E-state index contributed by atoms with van der Waals surface area (Å²) >= 11 is 5.66. The van der Waals surface area contributed by atoms with Crippen molar-refractivity contribution in [2.24, 2.45) is 5.73 Å². The van der Waals surface area contributed by atoms with E-state index in [1.54, 1.807) is 0 Å². The van der Waals surface area contributed by atoms with E-state index >= 15 is 0 Å². The molecule has 1 heterocycles. The Morgan fingerprint density at radius 1 is 1.57 bits per heavy atom. The predicted octanol–water partition coefficient (Wildman–Crippen LogP) is 1.23.